The van der Waals surface area contributed by atoms with Crippen molar-refractivity contribution in [2.24, 2.45) is 0 Å². The number of unbranched alkanes of at least 4 members (excludes halogenated alkanes) is 9. The van der Waals surface area contributed by atoms with Gasteiger partial charge in [0.05, 0.1) is 6.61 Å². The Hall–Kier alpha value is -2.16. The van der Waals surface area contributed by atoms with Crippen molar-refractivity contribution in [3.63, 3.8) is 0 Å². The molecule has 170 valence electrons. The molecule has 0 saturated heterocycles. The molecule has 2 aromatic rings. The minimum Gasteiger partial charge on any atom is -0.493 e. The van der Waals surface area contributed by atoms with Crippen molar-refractivity contribution >= 4 is 0 Å². The Bertz CT molecular complexity index is 707. The number of ether oxygens (including phenoxy) is 1. The minimum absolute atomic E-state index is 0.717. The molecule has 0 saturated carbocycles. The Morgan fingerprint density at radius 1 is 0.710 bits per heavy atom. The Labute approximate surface area is 190 Å². The average Bonchev–Trinajstić information content (AvgIpc) is 2.81. The van der Waals surface area contributed by atoms with Gasteiger partial charge in [0.15, 0.2) is 5.82 Å². The molecular weight excluding hydrogens is 380 g/mol. The van der Waals surface area contributed by atoms with E-state index >= 15 is 0 Å². The highest BCUT2D eigenvalue weighted by Gasteiger charge is 2.03. The van der Waals surface area contributed by atoms with Gasteiger partial charge in [0.1, 0.15) is 5.75 Å². The summed E-state index contributed by atoms with van der Waals surface area (Å²) in [6.45, 7) is 5.23. The van der Waals surface area contributed by atoms with Gasteiger partial charge in [-0.15, -0.1) is 0 Å². The summed E-state index contributed by atoms with van der Waals surface area (Å²) in [5, 5.41) is 0. The van der Waals surface area contributed by atoms with E-state index in [9.17, 15) is 0 Å². The van der Waals surface area contributed by atoms with Crippen molar-refractivity contribution in [2.45, 2.75) is 97.3 Å². The number of benzene rings is 1. The zero-order valence-corrected chi connectivity index (χ0v) is 19.8. The standard InChI is InChI=1S/C28H42N2O/c1-3-5-7-9-11-12-14-16-22-31-27-20-18-26(19-21-27)28-29-23-25(24-30-28)17-15-13-10-8-6-4-2/h12,14,18-21,23-24H,3-11,13,15-17,22H2,1-2H3. The second-order valence-corrected chi connectivity index (χ2v) is 8.41. The third kappa shape index (κ3) is 11.1. The van der Waals surface area contributed by atoms with Crippen LogP contribution in [-0.2, 0) is 6.42 Å². The maximum Gasteiger partial charge on any atom is 0.159 e. The van der Waals surface area contributed by atoms with E-state index in [4.69, 9.17) is 4.74 Å². The number of aromatic nitrogens is 2. The van der Waals surface area contributed by atoms with Crippen molar-refractivity contribution in [1.29, 1.82) is 0 Å². The van der Waals surface area contributed by atoms with Crippen LogP contribution >= 0.6 is 0 Å². The summed E-state index contributed by atoms with van der Waals surface area (Å²) < 4.78 is 5.85. The lowest BCUT2D eigenvalue weighted by Crippen LogP contribution is -1.96. The highest BCUT2D eigenvalue weighted by Crippen LogP contribution is 2.20. The Morgan fingerprint density at radius 3 is 2.03 bits per heavy atom. The van der Waals surface area contributed by atoms with Crippen LogP contribution in [0.25, 0.3) is 11.4 Å². The zero-order valence-electron chi connectivity index (χ0n) is 19.8. The van der Waals surface area contributed by atoms with Crippen molar-refractivity contribution in [2.75, 3.05) is 6.61 Å². The quantitative estimate of drug-likeness (QED) is 0.190. The molecule has 0 unspecified atom stereocenters. The molecule has 2 rings (SSSR count). The number of hydrogen-bond acceptors (Lipinski definition) is 3. The lowest BCUT2D eigenvalue weighted by atomic mass is 10.1. The fourth-order valence-corrected chi connectivity index (χ4v) is 3.61. The largest absolute Gasteiger partial charge is 0.493 e. The van der Waals surface area contributed by atoms with E-state index in [0.29, 0.717) is 6.61 Å². The summed E-state index contributed by atoms with van der Waals surface area (Å²) in [5.74, 6) is 1.68. The van der Waals surface area contributed by atoms with E-state index in [-0.39, 0.29) is 0 Å². The average molecular weight is 423 g/mol. The number of nitrogens with zero attached hydrogens (tertiary/aromatic N) is 2. The first kappa shape index (κ1) is 25.1. The SMILES string of the molecule is CCCCCCC=CCCOc1ccc(-c2ncc(CCCCCCCC)cn2)cc1. The molecule has 0 aliphatic rings. The van der Waals surface area contributed by atoms with E-state index in [1.165, 1.54) is 76.2 Å². The Morgan fingerprint density at radius 2 is 1.32 bits per heavy atom. The van der Waals surface area contributed by atoms with Gasteiger partial charge in [-0.05, 0) is 61.9 Å². The number of allylic oxidation sites excluding steroid dienone is 1. The second-order valence-electron chi connectivity index (χ2n) is 8.41. The van der Waals surface area contributed by atoms with E-state index in [0.717, 1.165) is 30.0 Å². The van der Waals surface area contributed by atoms with Crippen LogP contribution in [0.1, 0.15) is 96.5 Å². The van der Waals surface area contributed by atoms with Crippen molar-refractivity contribution in [3.05, 3.63) is 54.4 Å². The van der Waals surface area contributed by atoms with Gasteiger partial charge in [0, 0.05) is 18.0 Å². The van der Waals surface area contributed by atoms with Gasteiger partial charge < -0.3 is 4.74 Å². The molecule has 1 heterocycles. The summed E-state index contributed by atoms with van der Waals surface area (Å²) in [6, 6.07) is 8.11. The molecule has 0 N–H and O–H groups in total. The third-order valence-corrected chi connectivity index (χ3v) is 5.58. The van der Waals surface area contributed by atoms with Gasteiger partial charge in [0.2, 0.25) is 0 Å². The summed E-state index contributed by atoms with van der Waals surface area (Å²) in [6.07, 6.45) is 24.9. The van der Waals surface area contributed by atoms with Crippen molar-refractivity contribution < 1.29 is 4.74 Å². The lowest BCUT2D eigenvalue weighted by Gasteiger charge is -2.06. The molecule has 3 heteroatoms. The third-order valence-electron chi connectivity index (χ3n) is 5.58. The fraction of sp³-hybridized carbons (Fsp3) is 0.571. The summed E-state index contributed by atoms with van der Waals surface area (Å²) in [5.41, 5.74) is 2.27. The van der Waals surface area contributed by atoms with Crippen LogP contribution in [-0.4, -0.2) is 16.6 Å². The van der Waals surface area contributed by atoms with Gasteiger partial charge in [0.25, 0.3) is 0 Å². The Balaban J connectivity index is 1.66. The molecule has 1 aromatic heterocycles. The second kappa shape index (κ2) is 16.5. The number of hydrogen-bond donors (Lipinski definition) is 0. The molecule has 1 aromatic carbocycles. The van der Waals surface area contributed by atoms with Crippen LogP contribution in [0.3, 0.4) is 0 Å². The first-order valence-corrected chi connectivity index (χ1v) is 12.5. The van der Waals surface area contributed by atoms with Crippen molar-refractivity contribution in [3.8, 4) is 17.1 Å². The molecule has 0 aliphatic carbocycles. The molecule has 3 nitrogen and oxygen atoms in total. The minimum atomic E-state index is 0.717. The van der Waals surface area contributed by atoms with E-state index < -0.39 is 0 Å². The molecule has 0 radical (unpaired) electrons. The molecule has 0 bridgehead atoms. The highest BCUT2D eigenvalue weighted by atomic mass is 16.5. The maximum atomic E-state index is 5.85. The molecule has 0 amide bonds. The fourth-order valence-electron chi connectivity index (χ4n) is 3.61. The van der Waals surface area contributed by atoms with Crippen LogP contribution in [0.2, 0.25) is 0 Å². The summed E-state index contributed by atoms with van der Waals surface area (Å²) in [4.78, 5) is 9.14. The molecule has 0 fully saturated rings. The van der Waals surface area contributed by atoms with Crippen LogP contribution < -0.4 is 4.74 Å². The normalized spacial score (nSPS) is 11.3. The predicted molar refractivity (Wildman–Crippen MR) is 133 cm³/mol. The van der Waals surface area contributed by atoms with Crippen LogP contribution in [0.15, 0.2) is 48.8 Å². The van der Waals surface area contributed by atoms with Crippen LogP contribution in [0, 0.1) is 0 Å². The number of rotatable bonds is 17. The highest BCUT2D eigenvalue weighted by molar-refractivity contribution is 5.55. The maximum absolute atomic E-state index is 5.85. The van der Waals surface area contributed by atoms with Crippen molar-refractivity contribution in [1.82, 2.24) is 9.97 Å². The lowest BCUT2D eigenvalue weighted by molar-refractivity contribution is 0.325. The van der Waals surface area contributed by atoms with Gasteiger partial charge in [-0.2, -0.15) is 0 Å². The van der Waals surface area contributed by atoms with E-state index in [1.54, 1.807) is 0 Å². The van der Waals surface area contributed by atoms with E-state index in [1.807, 2.05) is 36.7 Å². The molecule has 0 aliphatic heterocycles. The van der Waals surface area contributed by atoms with Gasteiger partial charge in [-0.1, -0.05) is 77.4 Å². The first-order valence-electron chi connectivity index (χ1n) is 12.5. The van der Waals surface area contributed by atoms with Crippen LogP contribution in [0.4, 0.5) is 0 Å². The molecule has 0 atom stereocenters. The predicted octanol–water partition coefficient (Wildman–Crippen LogP) is 8.34. The van der Waals surface area contributed by atoms with Gasteiger partial charge in [-0.3, -0.25) is 0 Å². The molecule has 0 spiro atoms. The van der Waals surface area contributed by atoms with Crippen LogP contribution in [0.5, 0.6) is 5.75 Å². The topological polar surface area (TPSA) is 35.0 Å². The van der Waals surface area contributed by atoms with E-state index in [2.05, 4.69) is 36.0 Å². The van der Waals surface area contributed by atoms with Gasteiger partial charge in [-0.25, -0.2) is 9.97 Å². The summed E-state index contributed by atoms with van der Waals surface area (Å²) >= 11 is 0. The molecule has 31 heavy (non-hydrogen) atoms. The smallest absolute Gasteiger partial charge is 0.159 e. The Kier molecular flexibility index (Phi) is 13.4. The zero-order chi connectivity index (χ0) is 22.0. The monoisotopic (exact) mass is 422 g/mol. The summed E-state index contributed by atoms with van der Waals surface area (Å²) in [7, 11) is 0. The van der Waals surface area contributed by atoms with Gasteiger partial charge >= 0.3 is 0 Å². The first-order chi connectivity index (χ1) is 15.3. The number of aryl methyl sites for hydroxylation is 1. The molecular formula is C28H42N2O.